The molecule has 0 amide bonds. The lowest BCUT2D eigenvalue weighted by molar-refractivity contribution is -0.140. The van der Waals surface area contributed by atoms with Crippen molar-refractivity contribution in [2.45, 2.75) is 19.7 Å². The molecule has 0 radical (unpaired) electrons. The second-order valence-corrected chi connectivity index (χ2v) is 8.17. The van der Waals surface area contributed by atoms with Crippen LogP contribution in [-0.4, -0.2) is 29.3 Å². The Kier molecular flexibility index (Phi) is 7.10. The molecule has 7 nitrogen and oxygen atoms in total. The van der Waals surface area contributed by atoms with E-state index in [1.165, 1.54) is 50.6 Å². The topological polar surface area (TPSA) is 99.7 Å². The van der Waals surface area contributed by atoms with Crippen LogP contribution >= 0.6 is 0 Å². The molecule has 0 saturated carbocycles. The number of nitrogens with two attached hydrogens (primary N) is 1. The Labute approximate surface area is 211 Å². The van der Waals surface area contributed by atoms with E-state index in [0.717, 1.165) is 11.1 Å². The summed E-state index contributed by atoms with van der Waals surface area (Å²) in [4.78, 5) is 7.56. The van der Waals surface area contributed by atoms with Crippen LogP contribution < -0.4 is 19.9 Å². The third-order valence-electron chi connectivity index (χ3n) is 5.62. The molecule has 0 saturated heterocycles. The molecule has 0 spiro atoms. The molecule has 0 aliphatic rings. The molecule has 3 N–H and O–H groups in total. The van der Waals surface area contributed by atoms with Gasteiger partial charge in [0.25, 0.3) is 0 Å². The summed E-state index contributed by atoms with van der Waals surface area (Å²) in [6.45, 7) is 2.22. The van der Waals surface area contributed by atoms with Gasteiger partial charge in [-0.2, -0.15) is 13.2 Å². The molecular formula is C27H24F3N3O4. The van der Waals surface area contributed by atoms with Crippen molar-refractivity contribution in [3.63, 3.8) is 0 Å². The quantitative estimate of drug-likeness (QED) is 0.313. The zero-order valence-corrected chi connectivity index (χ0v) is 20.3. The molecule has 192 valence electrons. The molecule has 0 unspecified atom stereocenters. The number of rotatable bonds is 7. The lowest BCUT2D eigenvalue weighted by Gasteiger charge is -2.18. The Balaban J connectivity index is 1.81. The van der Waals surface area contributed by atoms with Gasteiger partial charge in [0.05, 0.1) is 19.9 Å². The SMILES string of the molecule is COc1ccc(-c2c(-c3ccc(OCc4ccc(C)cc4)cc3O)nc(N)nc2C(F)(F)F)cc1OC. The van der Waals surface area contributed by atoms with Gasteiger partial charge in [0.2, 0.25) is 5.95 Å². The molecule has 1 heterocycles. The lowest BCUT2D eigenvalue weighted by atomic mass is 9.96. The molecule has 0 atom stereocenters. The molecule has 0 fully saturated rings. The number of phenols is 1. The molecule has 37 heavy (non-hydrogen) atoms. The van der Waals surface area contributed by atoms with Gasteiger partial charge in [-0.3, -0.25) is 0 Å². The molecular weight excluding hydrogens is 487 g/mol. The van der Waals surface area contributed by atoms with Crippen molar-refractivity contribution in [3.05, 3.63) is 77.5 Å². The summed E-state index contributed by atoms with van der Waals surface area (Å²) in [5, 5.41) is 10.8. The smallest absolute Gasteiger partial charge is 0.434 e. The van der Waals surface area contributed by atoms with Crippen LogP contribution in [0.4, 0.5) is 19.1 Å². The number of benzene rings is 3. The van der Waals surface area contributed by atoms with Gasteiger partial charge in [-0.1, -0.05) is 35.9 Å². The highest BCUT2D eigenvalue weighted by atomic mass is 19.4. The van der Waals surface area contributed by atoms with Crippen LogP contribution in [0, 0.1) is 6.92 Å². The highest BCUT2D eigenvalue weighted by Gasteiger charge is 2.38. The standard InChI is InChI=1S/C27H24F3N3O4/c1-15-4-6-16(7-5-15)14-37-18-9-10-19(20(34)13-18)24-23(25(27(28,29)30)33-26(31)32-24)17-8-11-21(35-2)22(12-17)36-3/h4-13,34H,14H2,1-3H3,(H2,31,32,33). The summed E-state index contributed by atoms with van der Waals surface area (Å²) < 4.78 is 58.5. The highest BCUT2D eigenvalue weighted by molar-refractivity contribution is 5.86. The number of nitrogen functional groups attached to an aromatic ring is 1. The Morgan fingerprint density at radius 3 is 2.22 bits per heavy atom. The number of anilines is 1. The van der Waals surface area contributed by atoms with Crippen LogP contribution in [0.2, 0.25) is 0 Å². The van der Waals surface area contributed by atoms with Gasteiger partial charge in [0, 0.05) is 17.2 Å². The van der Waals surface area contributed by atoms with Gasteiger partial charge < -0.3 is 25.1 Å². The maximum absolute atomic E-state index is 14.1. The zero-order valence-electron chi connectivity index (χ0n) is 20.3. The van der Waals surface area contributed by atoms with Crippen LogP contribution in [0.15, 0.2) is 60.7 Å². The van der Waals surface area contributed by atoms with E-state index in [4.69, 9.17) is 19.9 Å². The van der Waals surface area contributed by atoms with Crippen molar-refractivity contribution in [1.29, 1.82) is 0 Å². The number of aryl methyl sites for hydroxylation is 1. The number of alkyl halides is 3. The fourth-order valence-corrected chi connectivity index (χ4v) is 3.80. The van der Waals surface area contributed by atoms with Crippen molar-refractivity contribution in [1.82, 2.24) is 9.97 Å². The van der Waals surface area contributed by atoms with Gasteiger partial charge in [-0.05, 0) is 42.3 Å². The number of nitrogens with zero attached hydrogens (tertiary/aromatic N) is 2. The van der Waals surface area contributed by atoms with Crippen LogP contribution in [0.1, 0.15) is 16.8 Å². The number of hydrogen-bond acceptors (Lipinski definition) is 7. The molecule has 1 aromatic heterocycles. The Morgan fingerprint density at radius 2 is 1.59 bits per heavy atom. The number of ether oxygens (including phenoxy) is 3. The third-order valence-corrected chi connectivity index (χ3v) is 5.62. The second-order valence-electron chi connectivity index (χ2n) is 8.17. The number of phenolic OH excluding ortho intramolecular Hbond substituents is 1. The van der Waals surface area contributed by atoms with E-state index in [1.54, 1.807) is 0 Å². The second kappa shape index (κ2) is 10.3. The normalized spacial score (nSPS) is 11.3. The van der Waals surface area contributed by atoms with E-state index in [2.05, 4.69) is 9.97 Å². The van der Waals surface area contributed by atoms with Crippen molar-refractivity contribution in [3.8, 4) is 45.4 Å². The van der Waals surface area contributed by atoms with E-state index in [0.29, 0.717) is 11.5 Å². The summed E-state index contributed by atoms with van der Waals surface area (Å²) in [7, 11) is 2.78. The minimum absolute atomic E-state index is 0.0204. The van der Waals surface area contributed by atoms with Crippen LogP contribution in [0.3, 0.4) is 0 Å². The predicted octanol–water partition coefficient (Wildman–Crippen LogP) is 6.02. The van der Waals surface area contributed by atoms with Crippen molar-refractivity contribution in [2.24, 2.45) is 0 Å². The minimum atomic E-state index is -4.86. The lowest BCUT2D eigenvalue weighted by Crippen LogP contribution is -2.14. The Hall–Kier alpha value is -4.47. The first-order chi connectivity index (χ1) is 17.6. The average molecular weight is 512 g/mol. The molecule has 0 bridgehead atoms. The average Bonchev–Trinajstić information content (AvgIpc) is 2.87. The Bertz CT molecular complexity index is 1420. The van der Waals surface area contributed by atoms with E-state index in [-0.39, 0.29) is 40.5 Å². The van der Waals surface area contributed by atoms with Crippen LogP contribution in [0.5, 0.6) is 23.0 Å². The minimum Gasteiger partial charge on any atom is -0.507 e. The number of hydrogen-bond donors (Lipinski definition) is 2. The van der Waals surface area contributed by atoms with Crippen LogP contribution in [0.25, 0.3) is 22.4 Å². The van der Waals surface area contributed by atoms with Gasteiger partial charge in [0.1, 0.15) is 18.1 Å². The number of aromatic hydroxyl groups is 1. The maximum Gasteiger partial charge on any atom is 0.434 e. The van der Waals surface area contributed by atoms with Gasteiger partial charge in [-0.25, -0.2) is 9.97 Å². The van der Waals surface area contributed by atoms with Crippen LogP contribution in [-0.2, 0) is 12.8 Å². The first-order valence-electron chi connectivity index (χ1n) is 11.1. The van der Waals surface area contributed by atoms with E-state index in [1.807, 2.05) is 31.2 Å². The maximum atomic E-state index is 14.1. The zero-order chi connectivity index (χ0) is 26.7. The summed E-state index contributed by atoms with van der Waals surface area (Å²) in [6, 6.07) is 16.3. The van der Waals surface area contributed by atoms with Gasteiger partial charge >= 0.3 is 6.18 Å². The molecule has 10 heteroatoms. The van der Waals surface area contributed by atoms with Crippen molar-refractivity contribution < 1.29 is 32.5 Å². The summed E-state index contributed by atoms with van der Waals surface area (Å²) in [5.74, 6) is -0.0665. The summed E-state index contributed by atoms with van der Waals surface area (Å²) >= 11 is 0. The molecule has 3 aromatic carbocycles. The van der Waals surface area contributed by atoms with E-state index >= 15 is 0 Å². The predicted molar refractivity (Wildman–Crippen MR) is 133 cm³/mol. The van der Waals surface area contributed by atoms with E-state index in [9.17, 15) is 18.3 Å². The summed E-state index contributed by atoms with van der Waals surface area (Å²) in [6.07, 6.45) is -4.86. The highest BCUT2D eigenvalue weighted by Crippen LogP contribution is 2.45. The molecule has 4 rings (SSSR count). The molecule has 0 aliphatic carbocycles. The van der Waals surface area contributed by atoms with Gasteiger partial charge in [0.15, 0.2) is 17.2 Å². The van der Waals surface area contributed by atoms with E-state index < -0.39 is 17.8 Å². The fraction of sp³-hybridized carbons (Fsp3) is 0.185. The summed E-state index contributed by atoms with van der Waals surface area (Å²) in [5.41, 5.74) is 6.00. The Morgan fingerprint density at radius 1 is 0.892 bits per heavy atom. The first-order valence-corrected chi connectivity index (χ1v) is 11.1. The largest absolute Gasteiger partial charge is 0.507 e. The van der Waals surface area contributed by atoms with Crippen molar-refractivity contribution >= 4 is 5.95 Å². The number of methoxy groups -OCH3 is 2. The third kappa shape index (κ3) is 5.53. The first kappa shape index (κ1) is 25.6. The molecule has 0 aliphatic heterocycles. The number of halogens is 3. The van der Waals surface area contributed by atoms with Crippen molar-refractivity contribution in [2.75, 3.05) is 20.0 Å². The fourth-order valence-electron chi connectivity index (χ4n) is 3.80. The molecule has 4 aromatic rings. The van der Waals surface area contributed by atoms with Gasteiger partial charge in [-0.15, -0.1) is 0 Å². The monoisotopic (exact) mass is 511 g/mol. The number of aromatic nitrogens is 2.